The van der Waals surface area contributed by atoms with E-state index in [1.54, 1.807) is 0 Å². The number of hydrogen-bond acceptors (Lipinski definition) is 4. The van der Waals surface area contributed by atoms with Crippen LogP contribution in [0.15, 0.2) is 12.2 Å². The van der Waals surface area contributed by atoms with Crippen LogP contribution < -0.4 is 0 Å². The summed E-state index contributed by atoms with van der Waals surface area (Å²) in [6, 6.07) is 0. The highest BCUT2D eigenvalue weighted by Crippen LogP contribution is 2.35. The average Bonchev–Trinajstić information content (AvgIpc) is 2.52. The zero-order valence-corrected chi connectivity index (χ0v) is 7.27. The molecule has 1 spiro atoms. The van der Waals surface area contributed by atoms with Crippen molar-refractivity contribution in [3.63, 3.8) is 0 Å². The second kappa shape index (κ2) is 3.47. The van der Waals surface area contributed by atoms with Crippen molar-refractivity contribution < 1.29 is 19.3 Å². The van der Waals surface area contributed by atoms with Crippen LogP contribution in [0, 0.1) is 0 Å². The zero-order chi connectivity index (χ0) is 9.15. The van der Waals surface area contributed by atoms with E-state index in [1.165, 1.54) is 0 Å². The predicted molar refractivity (Wildman–Crippen MR) is 43.7 cm³/mol. The van der Waals surface area contributed by atoms with Gasteiger partial charge >= 0.3 is 0 Å². The first-order valence-electron chi connectivity index (χ1n) is 4.45. The Balaban J connectivity index is 2.13. The highest BCUT2D eigenvalue weighted by Gasteiger charge is 2.46. The molecule has 1 aliphatic heterocycles. The highest BCUT2D eigenvalue weighted by molar-refractivity contribution is 5.38. The van der Waals surface area contributed by atoms with Gasteiger partial charge in [0.15, 0.2) is 11.7 Å². The van der Waals surface area contributed by atoms with Crippen molar-refractivity contribution in [2.45, 2.75) is 31.0 Å². The van der Waals surface area contributed by atoms with Gasteiger partial charge in [0.05, 0.1) is 0 Å². The van der Waals surface area contributed by atoms with Gasteiger partial charge in [0.2, 0.25) is 0 Å². The molecule has 0 aromatic heterocycles. The zero-order valence-electron chi connectivity index (χ0n) is 7.27. The van der Waals surface area contributed by atoms with Gasteiger partial charge in [-0.15, -0.1) is 0 Å². The van der Waals surface area contributed by atoms with E-state index in [1.807, 2.05) is 12.2 Å². The highest BCUT2D eigenvalue weighted by atomic mass is 17.2. The van der Waals surface area contributed by atoms with Crippen LogP contribution in [0.3, 0.4) is 0 Å². The Hall–Kier alpha value is -0.870. The predicted octanol–water partition coefficient (Wildman–Crippen LogP) is 0.969. The third kappa shape index (κ3) is 1.47. The van der Waals surface area contributed by atoms with E-state index in [2.05, 4.69) is 0 Å². The Morgan fingerprint density at radius 1 is 1.62 bits per heavy atom. The van der Waals surface area contributed by atoms with E-state index in [0.717, 1.165) is 19.3 Å². The van der Waals surface area contributed by atoms with Gasteiger partial charge < -0.3 is 4.74 Å². The first kappa shape index (κ1) is 8.72. The Kier molecular flexibility index (Phi) is 2.33. The van der Waals surface area contributed by atoms with Crippen molar-refractivity contribution in [3.8, 4) is 0 Å². The number of rotatable bonds is 2. The van der Waals surface area contributed by atoms with E-state index in [9.17, 15) is 4.79 Å². The van der Waals surface area contributed by atoms with Crippen molar-refractivity contribution in [1.82, 2.24) is 0 Å². The quantitative estimate of drug-likeness (QED) is 0.364. The van der Waals surface area contributed by atoms with Crippen LogP contribution in [0.1, 0.15) is 19.3 Å². The van der Waals surface area contributed by atoms with Gasteiger partial charge in [-0.05, 0) is 25.3 Å². The molecule has 0 saturated carbocycles. The van der Waals surface area contributed by atoms with Crippen LogP contribution in [0.5, 0.6) is 0 Å². The molecule has 0 aromatic rings. The lowest BCUT2D eigenvalue weighted by molar-refractivity contribution is -0.300. The SMILES string of the molecule is O=COC1COOC12C=CCCC2. The third-order valence-corrected chi connectivity index (χ3v) is 2.54. The van der Waals surface area contributed by atoms with Crippen molar-refractivity contribution in [2.24, 2.45) is 0 Å². The van der Waals surface area contributed by atoms with Gasteiger partial charge in [-0.25, -0.2) is 9.78 Å². The van der Waals surface area contributed by atoms with Crippen LogP contribution >= 0.6 is 0 Å². The fourth-order valence-corrected chi connectivity index (χ4v) is 1.82. The van der Waals surface area contributed by atoms with Crippen molar-refractivity contribution in [3.05, 3.63) is 12.2 Å². The fraction of sp³-hybridized carbons (Fsp3) is 0.667. The molecule has 0 bridgehead atoms. The van der Waals surface area contributed by atoms with Gasteiger partial charge in [0.1, 0.15) is 6.61 Å². The largest absolute Gasteiger partial charge is 0.458 e. The molecule has 4 heteroatoms. The molecule has 2 unspecified atom stereocenters. The molecular formula is C9H12O4. The minimum Gasteiger partial charge on any atom is -0.458 e. The summed E-state index contributed by atoms with van der Waals surface area (Å²) in [6.07, 6.45) is 6.64. The van der Waals surface area contributed by atoms with Crippen LogP contribution in [0.2, 0.25) is 0 Å². The first-order valence-corrected chi connectivity index (χ1v) is 4.45. The molecule has 1 saturated heterocycles. The normalized spacial score (nSPS) is 38.0. The summed E-state index contributed by atoms with van der Waals surface area (Å²) in [4.78, 5) is 20.3. The minimum atomic E-state index is -0.515. The standard InChI is InChI=1S/C9H12O4/c10-7-11-8-6-12-13-9(8)4-2-1-3-5-9/h2,4,7-8H,1,3,5-6H2. The summed E-state index contributed by atoms with van der Waals surface area (Å²) >= 11 is 0. The Bertz CT molecular complexity index is 226. The van der Waals surface area contributed by atoms with Crippen LogP contribution in [0.25, 0.3) is 0 Å². The minimum absolute atomic E-state index is 0.290. The molecule has 0 amide bonds. The lowest BCUT2D eigenvalue weighted by Gasteiger charge is -2.29. The number of hydrogen-bond donors (Lipinski definition) is 0. The van der Waals surface area contributed by atoms with E-state index >= 15 is 0 Å². The van der Waals surface area contributed by atoms with Gasteiger partial charge in [-0.1, -0.05) is 6.08 Å². The molecule has 0 aromatic carbocycles. The van der Waals surface area contributed by atoms with Crippen LogP contribution in [0.4, 0.5) is 0 Å². The molecule has 0 N–H and O–H groups in total. The lowest BCUT2D eigenvalue weighted by Crippen LogP contribution is -2.41. The number of carbonyl (C=O) groups excluding carboxylic acids is 1. The molecule has 0 radical (unpaired) electrons. The van der Waals surface area contributed by atoms with Crippen LogP contribution in [-0.4, -0.2) is 24.8 Å². The summed E-state index contributed by atoms with van der Waals surface area (Å²) in [5.74, 6) is 0. The molecular weight excluding hydrogens is 172 g/mol. The topological polar surface area (TPSA) is 44.8 Å². The molecule has 13 heavy (non-hydrogen) atoms. The van der Waals surface area contributed by atoms with Gasteiger partial charge in [0, 0.05) is 0 Å². The van der Waals surface area contributed by atoms with Crippen molar-refractivity contribution in [1.29, 1.82) is 0 Å². The van der Waals surface area contributed by atoms with Crippen LogP contribution in [-0.2, 0) is 19.3 Å². The van der Waals surface area contributed by atoms with E-state index in [0.29, 0.717) is 13.1 Å². The Morgan fingerprint density at radius 3 is 3.23 bits per heavy atom. The Labute approximate surface area is 76.4 Å². The molecule has 72 valence electrons. The smallest absolute Gasteiger partial charge is 0.293 e. The summed E-state index contributed by atoms with van der Waals surface area (Å²) in [5, 5.41) is 0. The number of allylic oxidation sites excluding steroid dienone is 1. The van der Waals surface area contributed by atoms with Gasteiger partial charge in [0.25, 0.3) is 6.47 Å². The maximum atomic E-state index is 10.2. The number of ether oxygens (including phenoxy) is 1. The lowest BCUT2D eigenvalue weighted by atomic mass is 9.87. The second-order valence-electron chi connectivity index (χ2n) is 3.34. The summed E-state index contributed by atoms with van der Waals surface area (Å²) in [7, 11) is 0. The molecule has 1 fully saturated rings. The third-order valence-electron chi connectivity index (χ3n) is 2.54. The maximum absolute atomic E-state index is 10.2. The summed E-state index contributed by atoms with van der Waals surface area (Å²) in [5.41, 5.74) is -0.515. The molecule has 2 aliphatic rings. The summed E-state index contributed by atoms with van der Waals surface area (Å²) < 4.78 is 4.91. The van der Waals surface area contributed by atoms with Gasteiger partial charge in [-0.3, -0.25) is 4.79 Å². The van der Waals surface area contributed by atoms with Crippen molar-refractivity contribution in [2.75, 3.05) is 6.61 Å². The van der Waals surface area contributed by atoms with Crippen molar-refractivity contribution >= 4 is 6.47 Å². The summed E-state index contributed by atoms with van der Waals surface area (Å²) in [6.45, 7) is 0.774. The monoisotopic (exact) mass is 184 g/mol. The second-order valence-corrected chi connectivity index (χ2v) is 3.34. The van der Waals surface area contributed by atoms with E-state index in [4.69, 9.17) is 14.5 Å². The molecule has 1 heterocycles. The molecule has 1 aliphatic carbocycles. The first-order chi connectivity index (χ1) is 6.37. The average molecular weight is 184 g/mol. The van der Waals surface area contributed by atoms with E-state index < -0.39 is 5.60 Å². The van der Waals surface area contributed by atoms with Gasteiger partial charge in [-0.2, -0.15) is 0 Å². The van der Waals surface area contributed by atoms with E-state index in [-0.39, 0.29) is 6.10 Å². The molecule has 2 atom stereocenters. The maximum Gasteiger partial charge on any atom is 0.293 e. The Morgan fingerprint density at radius 2 is 2.54 bits per heavy atom. The molecule has 4 nitrogen and oxygen atoms in total. The number of carbonyl (C=O) groups is 1. The fourth-order valence-electron chi connectivity index (χ4n) is 1.82. The molecule has 2 rings (SSSR count).